The number of nitrogens with two attached hydrogens (primary N) is 1. The molecule has 0 heterocycles. The van der Waals surface area contributed by atoms with Crippen molar-refractivity contribution >= 4 is 11.7 Å². The lowest BCUT2D eigenvalue weighted by atomic mass is 10.1. The fraction of sp³-hybridized carbons (Fsp3) is 0.385. The van der Waals surface area contributed by atoms with Crippen LogP contribution in [0.5, 0.6) is 5.75 Å². The third-order valence-electron chi connectivity index (χ3n) is 2.81. The summed E-state index contributed by atoms with van der Waals surface area (Å²) in [6, 6.07) is 4.57. The number of benzene rings is 1. The molecule has 1 aromatic carbocycles. The first kappa shape index (κ1) is 14.8. The summed E-state index contributed by atoms with van der Waals surface area (Å²) in [4.78, 5) is 12.0. The monoisotopic (exact) mass is 265 g/mol. The normalized spacial score (nSPS) is 13.1. The van der Waals surface area contributed by atoms with Crippen molar-refractivity contribution in [2.45, 2.75) is 32.7 Å². The molecular formula is C13H19N3O3. The summed E-state index contributed by atoms with van der Waals surface area (Å²) in [6.07, 6.45) is 0.889. The molecule has 0 aliphatic rings. The van der Waals surface area contributed by atoms with Crippen LogP contribution in [0.25, 0.3) is 0 Å². The van der Waals surface area contributed by atoms with Crippen LogP contribution in [0.3, 0.4) is 0 Å². The molecule has 0 radical (unpaired) electrons. The van der Waals surface area contributed by atoms with Crippen molar-refractivity contribution in [3.63, 3.8) is 0 Å². The van der Waals surface area contributed by atoms with Crippen molar-refractivity contribution in [2.24, 2.45) is 10.9 Å². The Balaban J connectivity index is 2.80. The smallest absolute Gasteiger partial charge is 0.255 e. The molecule has 0 spiro atoms. The van der Waals surface area contributed by atoms with Crippen LogP contribution >= 0.6 is 0 Å². The van der Waals surface area contributed by atoms with E-state index in [1.54, 1.807) is 12.1 Å². The quantitative estimate of drug-likeness (QED) is 0.279. The van der Waals surface area contributed by atoms with E-state index < -0.39 is 0 Å². The number of amides is 1. The van der Waals surface area contributed by atoms with Gasteiger partial charge in [0.15, 0.2) is 0 Å². The van der Waals surface area contributed by atoms with Crippen LogP contribution in [0.1, 0.15) is 35.7 Å². The molecule has 6 nitrogen and oxygen atoms in total. The molecule has 0 saturated carbocycles. The molecule has 104 valence electrons. The van der Waals surface area contributed by atoms with Gasteiger partial charge in [0.25, 0.3) is 5.91 Å². The number of hydrogen-bond acceptors (Lipinski definition) is 4. The van der Waals surface area contributed by atoms with E-state index in [4.69, 9.17) is 10.9 Å². The van der Waals surface area contributed by atoms with Crippen molar-refractivity contribution in [3.8, 4) is 5.75 Å². The minimum Gasteiger partial charge on any atom is -0.507 e. The van der Waals surface area contributed by atoms with Crippen LogP contribution in [0.15, 0.2) is 23.4 Å². The molecule has 0 saturated heterocycles. The number of carbonyl (C=O) groups is 1. The maximum atomic E-state index is 12.0. The number of hydrogen-bond donors (Lipinski definition) is 4. The summed E-state index contributed by atoms with van der Waals surface area (Å²) in [5.41, 5.74) is 6.52. The van der Waals surface area contributed by atoms with Gasteiger partial charge >= 0.3 is 0 Å². The lowest BCUT2D eigenvalue weighted by molar-refractivity contribution is 0.0934. The Morgan fingerprint density at radius 1 is 1.53 bits per heavy atom. The highest BCUT2D eigenvalue weighted by Crippen LogP contribution is 2.18. The number of phenols is 1. The number of phenolic OH excluding ortho intramolecular Hbond substituents is 1. The van der Waals surface area contributed by atoms with E-state index in [0.717, 1.165) is 5.56 Å². The minimum atomic E-state index is -0.376. The minimum absolute atomic E-state index is 0.0561. The lowest BCUT2D eigenvalue weighted by Crippen LogP contribution is -2.37. The Kier molecular flexibility index (Phi) is 5.17. The van der Waals surface area contributed by atoms with E-state index in [2.05, 4.69) is 10.5 Å². The van der Waals surface area contributed by atoms with Crippen molar-refractivity contribution in [1.82, 2.24) is 5.32 Å². The summed E-state index contributed by atoms with van der Waals surface area (Å²) in [7, 11) is 0. The van der Waals surface area contributed by atoms with Gasteiger partial charge in [-0.2, -0.15) is 0 Å². The van der Waals surface area contributed by atoms with Crippen LogP contribution in [0.4, 0.5) is 0 Å². The fourth-order valence-corrected chi connectivity index (χ4v) is 1.69. The molecule has 6 heteroatoms. The van der Waals surface area contributed by atoms with Crippen LogP contribution in [-0.4, -0.2) is 28.1 Å². The average molecular weight is 265 g/mol. The number of nitrogens with one attached hydrogen (secondary N) is 1. The first-order valence-corrected chi connectivity index (χ1v) is 6.04. The fourth-order valence-electron chi connectivity index (χ4n) is 1.69. The van der Waals surface area contributed by atoms with Gasteiger partial charge in [-0.25, -0.2) is 0 Å². The SMILES string of the molecule is CCC(CC(N)=NO)NC(=O)c1cc(C)ccc1O. The number of aryl methyl sites for hydroxylation is 1. The van der Waals surface area contributed by atoms with E-state index in [0.29, 0.717) is 6.42 Å². The average Bonchev–Trinajstić information content (AvgIpc) is 2.40. The Hall–Kier alpha value is -2.24. The molecule has 1 unspecified atom stereocenters. The summed E-state index contributed by atoms with van der Waals surface area (Å²) in [5.74, 6) is -0.388. The zero-order valence-corrected chi connectivity index (χ0v) is 11.1. The zero-order valence-electron chi connectivity index (χ0n) is 11.1. The third kappa shape index (κ3) is 4.17. The summed E-state index contributed by atoms with van der Waals surface area (Å²) >= 11 is 0. The molecule has 0 aliphatic carbocycles. The number of rotatable bonds is 5. The van der Waals surface area contributed by atoms with E-state index >= 15 is 0 Å². The number of carbonyl (C=O) groups excluding carboxylic acids is 1. The number of nitrogens with zero attached hydrogens (tertiary/aromatic N) is 1. The van der Waals surface area contributed by atoms with Crippen molar-refractivity contribution in [2.75, 3.05) is 0 Å². The van der Waals surface area contributed by atoms with Gasteiger partial charge in [-0.05, 0) is 25.5 Å². The van der Waals surface area contributed by atoms with Gasteiger partial charge in [-0.1, -0.05) is 23.7 Å². The van der Waals surface area contributed by atoms with E-state index in [9.17, 15) is 9.90 Å². The molecule has 0 aliphatic heterocycles. The molecule has 1 aromatic rings. The molecule has 0 bridgehead atoms. The van der Waals surface area contributed by atoms with Crippen molar-refractivity contribution in [3.05, 3.63) is 29.3 Å². The van der Waals surface area contributed by atoms with E-state index in [1.807, 2.05) is 13.8 Å². The molecule has 5 N–H and O–H groups in total. The second-order valence-electron chi connectivity index (χ2n) is 4.39. The highest BCUT2D eigenvalue weighted by Gasteiger charge is 2.16. The molecule has 1 rings (SSSR count). The summed E-state index contributed by atoms with van der Waals surface area (Å²) in [6.45, 7) is 3.72. The number of oxime groups is 1. The van der Waals surface area contributed by atoms with Gasteiger partial charge in [0.1, 0.15) is 11.6 Å². The van der Waals surface area contributed by atoms with Crippen LogP contribution in [-0.2, 0) is 0 Å². The maximum Gasteiger partial charge on any atom is 0.255 e. The van der Waals surface area contributed by atoms with Crippen molar-refractivity contribution in [1.29, 1.82) is 0 Å². The first-order valence-electron chi connectivity index (χ1n) is 6.04. The van der Waals surface area contributed by atoms with Gasteiger partial charge in [0.2, 0.25) is 0 Å². The highest BCUT2D eigenvalue weighted by molar-refractivity contribution is 5.97. The van der Waals surface area contributed by atoms with Gasteiger partial charge in [-0.15, -0.1) is 0 Å². The van der Waals surface area contributed by atoms with Crippen LogP contribution in [0, 0.1) is 6.92 Å². The van der Waals surface area contributed by atoms with E-state index in [1.165, 1.54) is 6.07 Å². The standard InChI is InChI=1S/C13H19N3O3/c1-3-9(7-12(14)16-19)15-13(18)10-6-8(2)4-5-11(10)17/h4-6,9,17,19H,3,7H2,1-2H3,(H2,14,16)(H,15,18). The third-order valence-corrected chi connectivity index (χ3v) is 2.81. The second kappa shape index (κ2) is 6.63. The topological polar surface area (TPSA) is 108 Å². The van der Waals surface area contributed by atoms with E-state index in [-0.39, 0.29) is 35.5 Å². The Morgan fingerprint density at radius 2 is 2.21 bits per heavy atom. The lowest BCUT2D eigenvalue weighted by Gasteiger charge is -2.16. The Bertz CT molecular complexity index is 486. The molecule has 19 heavy (non-hydrogen) atoms. The summed E-state index contributed by atoms with van der Waals surface area (Å²) in [5, 5.41) is 23.8. The highest BCUT2D eigenvalue weighted by atomic mass is 16.4. The van der Waals surface area contributed by atoms with Crippen molar-refractivity contribution < 1.29 is 15.1 Å². The predicted molar refractivity (Wildman–Crippen MR) is 72.4 cm³/mol. The molecular weight excluding hydrogens is 246 g/mol. The maximum absolute atomic E-state index is 12.0. The molecule has 0 fully saturated rings. The largest absolute Gasteiger partial charge is 0.507 e. The molecule has 1 amide bonds. The summed E-state index contributed by atoms with van der Waals surface area (Å²) < 4.78 is 0. The first-order chi connectivity index (χ1) is 8.97. The van der Waals surface area contributed by atoms with Gasteiger partial charge in [0.05, 0.1) is 5.56 Å². The molecule has 1 atom stereocenters. The van der Waals surface area contributed by atoms with Gasteiger partial charge < -0.3 is 21.4 Å². The number of aromatic hydroxyl groups is 1. The van der Waals surface area contributed by atoms with Crippen LogP contribution < -0.4 is 11.1 Å². The number of amidine groups is 1. The zero-order chi connectivity index (χ0) is 14.4. The Labute approximate surface area is 111 Å². The second-order valence-corrected chi connectivity index (χ2v) is 4.39. The van der Waals surface area contributed by atoms with Gasteiger partial charge in [-0.3, -0.25) is 4.79 Å². The molecule has 0 aromatic heterocycles. The predicted octanol–water partition coefficient (Wildman–Crippen LogP) is 1.35. The van der Waals surface area contributed by atoms with Gasteiger partial charge in [0, 0.05) is 12.5 Å². The van der Waals surface area contributed by atoms with Crippen LogP contribution in [0.2, 0.25) is 0 Å². The Morgan fingerprint density at radius 3 is 2.79 bits per heavy atom.